The molecule has 0 spiro atoms. The zero-order valence-corrected chi connectivity index (χ0v) is 18.4. The third-order valence-electron chi connectivity index (χ3n) is 6.33. The predicted molar refractivity (Wildman–Crippen MR) is 105 cm³/mol. The molecule has 2 bridgehead atoms. The molecule has 1 saturated carbocycles. The number of fused-ring (bicyclic) bond motifs is 1. The van der Waals surface area contributed by atoms with Crippen LogP contribution in [0.25, 0.3) is 0 Å². The standard InChI is InChI=1S/C22H32O8/c1-7-10(2)18(23)29-16-11-8-12-15(20(25)30-17(12)16)14(11)19(24)28-13(22(5,6)27)9-21(3,4)26/h10-13,16-17,26-27H,7-9H2,1-6H3. The Morgan fingerprint density at radius 2 is 1.83 bits per heavy atom. The van der Waals surface area contributed by atoms with Gasteiger partial charge in [-0.05, 0) is 40.5 Å². The van der Waals surface area contributed by atoms with Crippen LogP contribution in [0.3, 0.4) is 0 Å². The number of aliphatic hydroxyl groups is 2. The van der Waals surface area contributed by atoms with E-state index in [1.807, 2.05) is 6.92 Å². The Kier molecular flexibility index (Phi) is 5.79. The maximum absolute atomic E-state index is 13.1. The van der Waals surface area contributed by atoms with Crippen molar-refractivity contribution in [2.24, 2.45) is 17.8 Å². The van der Waals surface area contributed by atoms with Gasteiger partial charge in [-0.3, -0.25) is 4.79 Å². The summed E-state index contributed by atoms with van der Waals surface area (Å²) in [6.07, 6.45) is -1.17. The van der Waals surface area contributed by atoms with Crippen molar-refractivity contribution in [1.29, 1.82) is 0 Å². The zero-order valence-electron chi connectivity index (χ0n) is 18.4. The molecular formula is C22H32O8. The first-order valence-electron chi connectivity index (χ1n) is 10.6. The van der Waals surface area contributed by atoms with E-state index in [-0.39, 0.29) is 29.8 Å². The molecule has 0 radical (unpaired) electrons. The summed E-state index contributed by atoms with van der Waals surface area (Å²) in [5, 5.41) is 20.6. The lowest BCUT2D eigenvalue weighted by Gasteiger charge is -2.34. The van der Waals surface area contributed by atoms with Crippen LogP contribution in [0.15, 0.2) is 11.1 Å². The van der Waals surface area contributed by atoms with Gasteiger partial charge in [0.2, 0.25) is 0 Å². The molecule has 0 aromatic carbocycles. The van der Waals surface area contributed by atoms with Crippen LogP contribution >= 0.6 is 0 Å². The molecule has 168 valence electrons. The van der Waals surface area contributed by atoms with E-state index >= 15 is 0 Å². The first-order valence-corrected chi connectivity index (χ1v) is 10.6. The zero-order chi connectivity index (χ0) is 22.6. The largest absolute Gasteiger partial charge is 0.458 e. The highest BCUT2D eigenvalue weighted by molar-refractivity contribution is 6.04. The molecule has 2 N–H and O–H groups in total. The Bertz CT molecular complexity index is 769. The summed E-state index contributed by atoms with van der Waals surface area (Å²) in [5.74, 6) is -2.78. The quantitative estimate of drug-likeness (QED) is 0.446. The lowest BCUT2D eigenvalue weighted by Crippen LogP contribution is -2.45. The monoisotopic (exact) mass is 424 g/mol. The van der Waals surface area contributed by atoms with Crippen molar-refractivity contribution in [3.63, 3.8) is 0 Å². The Morgan fingerprint density at radius 1 is 1.20 bits per heavy atom. The fourth-order valence-corrected chi connectivity index (χ4v) is 4.47. The van der Waals surface area contributed by atoms with Crippen LogP contribution in [0.5, 0.6) is 0 Å². The third-order valence-corrected chi connectivity index (χ3v) is 6.33. The maximum Gasteiger partial charge on any atom is 0.335 e. The summed E-state index contributed by atoms with van der Waals surface area (Å²) in [5.41, 5.74) is -2.11. The molecule has 1 aliphatic heterocycles. The Hall–Kier alpha value is -1.93. The predicted octanol–water partition coefficient (Wildman–Crippen LogP) is 1.66. The molecule has 3 rings (SSSR count). The lowest BCUT2D eigenvalue weighted by atomic mass is 9.88. The van der Waals surface area contributed by atoms with Crippen LogP contribution in [0.2, 0.25) is 0 Å². The Morgan fingerprint density at radius 3 is 2.37 bits per heavy atom. The van der Waals surface area contributed by atoms with Gasteiger partial charge in [-0.1, -0.05) is 13.8 Å². The van der Waals surface area contributed by atoms with Crippen molar-refractivity contribution >= 4 is 17.9 Å². The van der Waals surface area contributed by atoms with Crippen molar-refractivity contribution in [2.45, 2.75) is 90.3 Å². The van der Waals surface area contributed by atoms with Crippen LogP contribution in [0.4, 0.5) is 0 Å². The van der Waals surface area contributed by atoms with Gasteiger partial charge in [0.1, 0.15) is 18.3 Å². The summed E-state index contributed by atoms with van der Waals surface area (Å²) >= 11 is 0. The summed E-state index contributed by atoms with van der Waals surface area (Å²) in [6.45, 7) is 9.74. The van der Waals surface area contributed by atoms with Crippen molar-refractivity contribution < 1.29 is 38.8 Å². The molecule has 2 aliphatic carbocycles. The maximum atomic E-state index is 13.1. The van der Waals surface area contributed by atoms with Gasteiger partial charge < -0.3 is 24.4 Å². The van der Waals surface area contributed by atoms with E-state index in [1.165, 1.54) is 13.8 Å². The van der Waals surface area contributed by atoms with Gasteiger partial charge in [0.15, 0.2) is 0 Å². The van der Waals surface area contributed by atoms with E-state index in [0.717, 1.165) is 0 Å². The molecule has 2 fully saturated rings. The second-order valence-corrected chi connectivity index (χ2v) is 9.92. The van der Waals surface area contributed by atoms with Crippen LogP contribution in [0, 0.1) is 17.8 Å². The molecule has 30 heavy (non-hydrogen) atoms. The molecule has 8 heteroatoms. The average molecular weight is 424 g/mol. The number of esters is 3. The van der Waals surface area contributed by atoms with E-state index in [9.17, 15) is 24.6 Å². The van der Waals surface area contributed by atoms with Gasteiger partial charge in [-0.15, -0.1) is 0 Å². The molecule has 3 aliphatic rings. The summed E-state index contributed by atoms with van der Waals surface area (Å²) in [6, 6.07) is 0. The second kappa shape index (κ2) is 7.64. The Balaban J connectivity index is 1.85. The van der Waals surface area contributed by atoms with Gasteiger partial charge >= 0.3 is 17.9 Å². The molecule has 0 aromatic heterocycles. The van der Waals surface area contributed by atoms with E-state index in [1.54, 1.807) is 20.8 Å². The second-order valence-electron chi connectivity index (χ2n) is 9.92. The summed E-state index contributed by atoms with van der Waals surface area (Å²) in [4.78, 5) is 37.9. The van der Waals surface area contributed by atoms with Crippen LogP contribution < -0.4 is 0 Å². The smallest absolute Gasteiger partial charge is 0.335 e. The molecule has 0 aromatic rings. The van der Waals surface area contributed by atoms with Gasteiger partial charge in [-0.25, -0.2) is 9.59 Å². The van der Waals surface area contributed by atoms with Crippen molar-refractivity contribution in [3.05, 3.63) is 11.1 Å². The van der Waals surface area contributed by atoms with Crippen LogP contribution in [-0.2, 0) is 28.6 Å². The minimum atomic E-state index is -1.40. The molecule has 1 saturated heterocycles. The minimum Gasteiger partial charge on any atom is -0.458 e. The molecule has 6 atom stereocenters. The van der Waals surface area contributed by atoms with E-state index in [0.29, 0.717) is 18.4 Å². The molecule has 6 unspecified atom stereocenters. The minimum absolute atomic E-state index is 0.0124. The van der Waals surface area contributed by atoms with E-state index in [2.05, 4.69) is 0 Å². The highest BCUT2D eigenvalue weighted by Gasteiger charge is 2.64. The number of ether oxygens (including phenoxy) is 3. The highest BCUT2D eigenvalue weighted by atomic mass is 16.6. The third kappa shape index (κ3) is 4.12. The van der Waals surface area contributed by atoms with Crippen molar-refractivity contribution in [1.82, 2.24) is 0 Å². The topological polar surface area (TPSA) is 119 Å². The fraction of sp³-hybridized carbons (Fsp3) is 0.773. The number of hydrogen-bond acceptors (Lipinski definition) is 8. The van der Waals surface area contributed by atoms with Crippen molar-refractivity contribution in [3.8, 4) is 0 Å². The average Bonchev–Trinajstić information content (AvgIpc) is 3.21. The van der Waals surface area contributed by atoms with E-state index in [4.69, 9.17) is 14.2 Å². The molecular weight excluding hydrogens is 392 g/mol. The lowest BCUT2D eigenvalue weighted by molar-refractivity contribution is -0.168. The van der Waals surface area contributed by atoms with Gasteiger partial charge in [0, 0.05) is 18.3 Å². The van der Waals surface area contributed by atoms with Gasteiger partial charge in [-0.2, -0.15) is 0 Å². The molecule has 8 nitrogen and oxygen atoms in total. The highest BCUT2D eigenvalue weighted by Crippen LogP contribution is 2.55. The summed E-state index contributed by atoms with van der Waals surface area (Å²) < 4.78 is 16.7. The van der Waals surface area contributed by atoms with Crippen LogP contribution in [0.1, 0.15) is 60.8 Å². The first kappa shape index (κ1) is 22.7. The van der Waals surface area contributed by atoms with Crippen LogP contribution in [-0.4, -0.2) is 57.6 Å². The van der Waals surface area contributed by atoms with Gasteiger partial charge in [0.05, 0.1) is 28.3 Å². The van der Waals surface area contributed by atoms with Gasteiger partial charge in [0.25, 0.3) is 0 Å². The SMILES string of the molecule is CCC(C)C(=O)OC1C2CC3C(=C2C(=O)OC(CC(C)(C)O)C(C)(C)O)C(=O)OC31. The van der Waals surface area contributed by atoms with Crippen molar-refractivity contribution in [2.75, 3.05) is 0 Å². The number of rotatable bonds is 8. The Labute approximate surface area is 176 Å². The molecule has 0 amide bonds. The first-order chi connectivity index (χ1) is 13.7. The normalized spacial score (nSPS) is 29.7. The number of carbonyl (C=O) groups is 3. The molecule has 1 heterocycles. The summed E-state index contributed by atoms with van der Waals surface area (Å²) in [7, 11) is 0. The number of hydrogen-bond donors (Lipinski definition) is 2. The van der Waals surface area contributed by atoms with E-state index < -0.39 is 47.4 Å². The number of carbonyl (C=O) groups excluding carboxylic acids is 3. The fourth-order valence-electron chi connectivity index (χ4n) is 4.47.